The van der Waals surface area contributed by atoms with Crippen molar-refractivity contribution in [1.29, 1.82) is 0 Å². The van der Waals surface area contributed by atoms with Gasteiger partial charge >= 0.3 is 0 Å². The fourth-order valence-corrected chi connectivity index (χ4v) is 1.90. The van der Waals surface area contributed by atoms with E-state index in [9.17, 15) is 10.1 Å². The fraction of sp³-hybridized carbons (Fsp3) is 0.214. The van der Waals surface area contributed by atoms with Crippen LogP contribution in [0.1, 0.15) is 16.8 Å². The number of aromatic nitrogens is 1. The summed E-state index contributed by atoms with van der Waals surface area (Å²) in [6.45, 7) is 1.99. The van der Waals surface area contributed by atoms with Gasteiger partial charge in [-0.15, -0.1) is 0 Å². The van der Waals surface area contributed by atoms with Gasteiger partial charge in [0.2, 0.25) is 0 Å². The summed E-state index contributed by atoms with van der Waals surface area (Å²) in [5.74, 6) is 0.833. The van der Waals surface area contributed by atoms with E-state index in [1.807, 2.05) is 25.1 Å². The van der Waals surface area contributed by atoms with Crippen LogP contribution >= 0.6 is 0 Å². The Hall–Kier alpha value is -2.43. The highest BCUT2D eigenvalue weighted by molar-refractivity contribution is 5.41. The van der Waals surface area contributed by atoms with Gasteiger partial charge < -0.3 is 4.74 Å². The van der Waals surface area contributed by atoms with Crippen LogP contribution in [-0.2, 0) is 6.42 Å². The lowest BCUT2D eigenvalue weighted by atomic mass is 10.0. The Morgan fingerprint density at radius 1 is 1.32 bits per heavy atom. The van der Waals surface area contributed by atoms with E-state index < -0.39 is 4.92 Å². The molecule has 0 saturated carbocycles. The van der Waals surface area contributed by atoms with Crippen molar-refractivity contribution in [3.63, 3.8) is 0 Å². The van der Waals surface area contributed by atoms with Crippen molar-refractivity contribution in [2.24, 2.45) is 0 Å². The quantitative estimate of drug-likeness (QED) is 0.624. The van der Waals surface area contributed by atoms with Gasteiger partial charge in [-0.3, -0.25) is 15.1 Å². The van der Waals surface area contributed by atoms with Gasteiger partial charge in [0.25, 0.3) is 5.69 Å². The second-order valence-corrected chi connectivity index (χ2v) is 4.19. The minimum Gasteiger partial charge on any atom is -0.496 e. The van der Waals surface area contributed by atoms with E-state index >= 15 is 0 Å². The SMILES string of the molecule is COc1cccc(Cc2ccc([N+](=O)[O-])cn2)c1C. The molecule has 5 heteroatoms. The van der Waals surface area contributed by atoms with Gasteiger partial charge in [-0.25, -0.2) is 0 Å². The molecule has 1 heterocycles. The zero-order valence-corrected chi connectivity index (χ0v) is 10.8. The number of hydrogen-bond donors (Lipinski definition) is 0. The van der Waals surface area contributed by atoms with E-state index in [1.165, 1.54) is 12.3 Å². The van der Waals surface area contributed by atoms with Crippen molar-refractivity contribution >= 4 is 5.69 Å². The van der Waals surface area contributed by atoms with Crippen molar-refractivity contribution in [2.45, 2.75) is 13.3 Å². The predicted octanol–water partition coefficient (Wildman–Crippen LogP) is 2.90. The Morgan fingerprint density at radius 2 is 2.11 bits per heavy atom. The van der Waals surface area contributed by atoms with Crippen molar-refractivity contribution in [2.75, 3.05) is 7.11 Å². The van der Waals surface area contributed by atoms with Crippen LogP contribution in [0.15, 0.2) is 36.5 Å². The minimum atomic E-state index is -0.451. The van der Waals surface area contributed by atoms with E-state index in [2.05, 4.69) is 4.98 Å². The summed E-state index contributed by atoms with van der Waals surface area (Å²) in [6.07, 6.45) is 1.91. The third-order valence-corrected chi connectivity index (χ3v) is 3.01. The van der Waals surface area contributed by atoms with Crippen molar-refractivity contribution in [3.05, 3.63) is 63.5 Å². The number of nitrogens with zero attached hydrogens (tertiary/aromatic N) is 2. The number of nitro groups is 1. The van der Waals surface area contributed by atoms with Crippen LogP contribution in [-0.4, -0.2) is 17.0 Å². The topological polar surface area (TPSA) is 65.3 Å². The van der Waals surface area contributed by atoms with E-state index in [4.69, 9.17) is 4.74 Å². The van der Waals surface area contributed by atoms with E-state index in [0.29, 0.717) is 6.42 Å². The highest BCUT2D eigenvalue weighted by Gasteiger charge is 2.08. The van der Waals surface area contributed by atoms with Crippen LogP contribution in [0.25, 0.3) is 0 Å². The summed E-state index contributed by atoms with van der Waals surface area (Å²) < 4.78 is 5.26. The Balaban J connectivity index is 2.24. The van der Waals surface area contributed by atoms with E-state index in [-0.39, 0.29) is 5.69 Å². The zero-order chi connectivity index (χ0) is 13.8. The van der Waals surface area contributed by atoms with Crippen molar-refractivity contribution in [1.82, 2.24) is 4.98 Å². The fourth-order valence-electron chi connectivity index (χ4n) is 1.90. The molecule has 0 fully saturated rings. The maximum absolute atomic E-state index is 10.6. The Bertz CT molecular complexity index is 594. The molecule has 0 aliphatic carbocycles. The lowest BCUT2D eigenvalue weighted by Gasteiger charge is -2.09. The van der Waals surface area contributed by atoms with Crippen molar-refractivity contribution in [3.8, 4) is 5.75 Å². The summed E-state index contributed by atoms with van der Waals surface area (Å²) in [4.78, 5) is 14.2. The number of rotatable bonds is 4. The first kappa shape index (κ1) is 13.0. The number of hydrogen-bond acceptors (Lipinski definition) is 4. The van der Waals surface area contributed by atoms with Gasteiger partial charge in [0.15, 0.2) is 0 Å². The lowest BCUT2D eigenvalue weighted by Crippen LogP contribution is -1.98. The molecule has 1 aromatic heterocycles. The molecule has 0 bridgehead atoms. The number of pyridine rings is 1. The normalized spacial score (nSPS) is 10.2. The average Bonchev–Trinajstić information content (AvgIpc) is 2.42. The second kappa shape index (κ2) is 5.48. The lowest BCUT2D eigenvalue weighted by molar-refractivity contribution is -0.385. The molecular weight excluding hydrogens is 244 g/mol. The monoisotopic (exact) mass is 258 g/mol. The molecule has 0 unspecified atom stereocenters. The molecule has 2 rings (SSSR count). The standard InChI is InChI=1S/C14H14N2O3/c1-10-11(4-3-5-14(10)19-2)8-12-6-7-13(9-15-12)16(17)18/h3-7,9H,8H2,1-2H3. The summed E-state index contributed by atoms with van der Waals surface area (Å²) in [5.41, 5.74) is 2.96. The molecule has 0 amide bonds. The molecule has 2 aromatic rings. The zero-order valence-electron chi connectivity index (χ0n) is 10.8. The summed E-state index contributed by atoms with van der Waals surface area (Å²) >= 11 is 0. The molecule has 0 aliphatic rings. The predicted molar refractivity (Wildman–Crippen MR) is 71.4 cm³/mol. The first-order chi connectivity index (χ1) is 9.11. The van der Waals surface area contributed by atoms with Crippen LogP contribution in [0.3, 0.4) is 0 Å². The van der Waals surface area contributed by atoms with Crippen LogP contribution in [0.2, 0.25) is 0 Å². The molecule has 0 radical (unpaired) electrons. The Labute approximate surface area is 111 Å². The third-order valence-electron chi connectivity index (χ3n) is 3.01. The van der Waals surface area contributed by atoms with Crippen LogP contribution < -0.4 is 4.74 Å². The minimum absolute atomic E-state index is 0.00566. The molecular formula is C14H14N2O3. The van der Waals surface area contributed by atoms with E-state index in [0.717, 1.165) is 22.6 Å². The number of ether oxygens (including phenoxy) is 1. The van der Waals surface area contributed by atoms with Gasteiger partial charge in [-0.05, 0) is 30.2 Å². The Morgan fingerprint density at radius 3 is 2.68 bits per heavy atom. The van der Waals surface area contributed by atoms with Gasteiger partial charge in [0, 0.05) is 18.2 Å². The van der Waals surface area contributed by atoms with Gasteiger partial charge in [-0.1, -0.05) is 12.1 Å². The molecule has 0 spiro atoms. The molecule has 0 atom stereocenters. The third kappa shape index (κ3) is 2.88. The number of benzene rings is 1. The summed E-state index contributed by atoms with van der Waals surface area (Å²) in [5, 5.41) is 10.6. The average molecular weight is 258 g/mol. The van der Waals surface area contributed by atoms with Crippen molar-refractivity contribution < 1.29 is 9.66 Å². The maximum atomic E-state index is 10.6. The Kier molecular flexibility index (Phi) is 3.75. The first-order valence-electron chi connectivity index (χ1n) is 5.83. The molecule has 0 N–H and O–H groups in total. The van der Waals surface area contributed by atoms with Gasteiger partial charge in [0.05, 0.1) is 12.0 Å². The van der Waals surface area contributed by atoms with Crippen LogP contribution in [0, 0.1) is 17.0 Å². The van der Waals surface area contributed by atoms with Crippen LogP contribution in [0.4, 0.5) is 5.69 Å². The van der Waals surface area contributed by atoms with E-state index in [1.54, 1.807) is 13.2 Å². The second-order valence-electron chi connectivity index (χ2n) is 4.19. The van der Waals surface area contributed by atoms with Gasteiger partial charge in [0.1, 0.15) is 11.9 Å². The first-order valence-corrected chi connectivity index (χ1v) is 5.83. The molecule has 5 nitrogen and oxygen atoms in total. The molecule has 0 aliphatic heterocycles. The van der Waals surface area contributed by atoms with Crippen LogP contribution in [0.5, 0.6) is 5.75 Å². The smallest absolute Gasteiger partial charge is 0.287 e. The number of methoxy groups -OCH3 is 1. The molecule has 19 heavy (non-hydrogen) atoms. The largest absolute Gasteiger partial charge is 0.496 e. The summed E-state index contributed by atoms with van der Waals surface area (Å²) in [6, 6.07) is 8.98. The summed E-state index contributed by atoms with van der Waals surface area (Å²) in [7, 11) is 1.64. The van der Waals surface area contributed by atoms with Gasteiger partial charge in [-0.2, -0.15) is 0 Å². The molecule has 1 aromatic carbocycles. The maximum Gasteiger partial charge on any atom is 0.287 e. The molecule has 0 saturated heterocycles. The highest BCUT2D eigenvalue weighted by atomic mass is 16.6. The molecule has 98 valence electrons. The highest BCUT2D eigenvalue weighted by Crippen LogP contribution is 2.23.